The number of aliphatic hydroxyl groups is 1. The normalized spacial score (nSPS) is 22.2. The number of aliphatic hydroxyl groups excluding tert-OH is 1. The summed E-state index contributed by atoms with van der Waals surface area (Å²) in [5.41, 5.74) is 4.35. The van der Waals surface area contributed by atoms with Crippen molar-refractivity contribution >= 4 is 34.5 Å². The highest BCUT2D eigenvalue weighted by molar-refractivity contribution is 6.12. The Morgan fingerprint density at radius 2 is 1.50 bits per heavy atom. The number of aromatic nitrogens is 2. The number of aromatic amines is 1. The van der Waals surface area contributed by atoms with E-state index >= 15 is 14.4 Å². The largest absolute Gasteiger partial charge is 0.497 e. The Morgan fingerprint density at radius 1 is 0.797 bits per heavy atom. The zero-order chi connectivity index (χ0) is 43.8. The summed E-state index contributed by atoms with van der Waals surface area (Å²) in [6.07, 6.45) is -0.830. The van der Waals surface area contributed by atoms with Gasteiger partial charge in [-0.1, -0.05) is 96.8 Å². The van der Waals surface area contributed by atoms with Crippen molar-refractivity contribution < 1.29 is 33.7 Å². The van der Waals surface area contributed by atoms with Gasteiger partial charge in [0.2, 0.25) is 11.8 Å². The van der Waals surface area contributed by atoms with E-state index in [4.69, 9.17) is 19.2 Å². The number of morpholine rings is 1. The number of cyclic esters (lactones) is 1. The first kappa shape index (κ1) is 40.4. The van der Waals surface area contributed by atoms with Gasteiger partial charge >= 0.3 is 5.97 Å². The van der Waals surface area contributed by atoms with Gasteiger partial charge in [0.15, 0.2) is 0 Å². The average Bonchev–Trinajstić information content (AvgIpc) is 4.00. The van der Waals surface area contributed by atoms with Crippen LogP contribution in [0.25, 0.3) is 11.0 Å². The van der Waals surface area contributed by atoms with Gasteiger partial charge in [0, 0.05) is 16.8 Å². The van der Waals surface area contributed by atoms with E-state index in [1.807, 2.05) is 144 Å². The number of para-hydroxylation sites is 2. The van der Waals surface area contributed by atoms with Gasteiger partial charge in [-0.05, 0) is 89.0 Å². The van der Waals surface area contributed by atoms with Crippen LogP contribution < -0.4 is 20.1 Å². The first-order valence-electron chi connectivity index (χ1n) is 21.1. The second-order valence-electron chi connectivity index (χ2n) is 16.0. The maximum Gasteiger partial charge on any atom is 0.324 e. The van der Waals surface area contributed by atoms with Crippen LogP contribution in [0.1, 0.15) is 57.4 Å². The van der Waals surface area contributed by atoms with E-state index < -0.39 is 53.3 Å². The van der Waals surface area contributed by atoms with Crippen LogP contribution in [0.3, 0.4) is 0 Å². The first-order valence-corrected chi connectivity index (χ1v) is 21.1. The zero-order valence-electron chi connectivity index (χ0n) is 34.7. The second-order valence-corrected chi connectivity index (χ2v) is 16.0. The molecule has 6 atom stereocenters. The number of ether oxygens (including phenoxy) is 3. The number of anilines is 1. The van der Waals surface area contributed by atoms with Gasteiger partial charge in [0.1, 0.15) is 41.5 Å². The molecule has 4 N–H and O–H groups in total. The molecule has 3 aliphatic heterocycles. The predicted molar refractivity (Wildman–Crippen MR) is 239 cm³/mol. The van der Waals surface area contributed by atoms with E-state index in [0.29, 0.717) is 39.7 Å². The molecule has 4 heterocycles. The number of esters is 1. The Labute approximate surface area is 369 Å². The van der Waals surface area contributed by atoms with E-state index in [0.717, 1.165) is 27.7 Å². The summed E-state index contributed by atoms with van der Waals surface area (Å²) in [4.78, 5) is 56.3. The molecule has 2 saturated heterocycles. The Hall–Kier alpha value is -7.72. The van der Waals surface area contributed by atoms with Crippen LogP contribution in [-0.2, 0) is 31.1 Å². The molecule has 0 aliphatic carbocycles. The van der Waals surface area contributed by atoms with Crippen molar-refractivity contribution in [3.63, 3.8) is 0 Å². The fraction of sp³-hybridized carbons (Fsp3) is 0.192. The number of rotatable bonds is 10. The first-order chi connectivity index (χ1) is 31.4. The van der Waals surface area contributed by atoms with Crippen LogP contribution in [0.5, 0.6) is 11.5 Å². The Morgan fingerprint density at radius 3 is 2.25 bits per heavy atom. The molecule has 2 amide bonds. The molecule has 3 aliphatic rings. The number of imidazole rings is 1. The number of carbonyl (C=O) groups is 3. The fourth-order valence-electron chi connectivity index (χ4n) is 9.80. The smallest absolute Gasteiger partial charge is 0.324 e. The van der Waals surface area contributed by atoms with Crippen LogP contribution in [0.2, 0.25) is 0 Å². The Kier molecular flexibility index (Phi) is 10.6. The maximum atomic E-state index is 15.6. The topological polar surface area (TPSA) is 155 Å². The highest BCUT2D eigenvalue weighted by Gasteiger charge is 2.74. The standard InChI is InChI=1S/C52H43N5O7/c1-62-37-24-21-32(22-25-37)19-20-33-23-26-40-39(29-33)52(51(61)56-40)44(49(59)53-31-43-54-41-17-8-9-18-42(41)55-43)46-50(60)64-47(35-13-6-3-7-14-35)45(34-11-4-2-5-12-34)57(46)48(52)36-15-10-16-38(30-36)63-28-27-58/h2-18,21-26,29-30,44-48,58H,27-28,31H2,1H3,(H,53,59)(H,54,55)(H,56,61)/t44-,45-,46-,47+,48+,52-/m1/s1. The number of methoxy groups -OCH3 is 1. The van der Waals surface area contributed by atoms with Crippen LogP contribution >= 0.6 is 0 Å². The molecular weight excluding hydrogens is 807 g/mol. The monoisotopic (exact) mass is 849 g/mol. The van der Waals surface area contributed by atoms with Crippen molar-refractivity contribution in [3.8, 4) is 23.3 Å². The molecule has 318 valence electrons. The molecule has 0 bridgehead atoms. The average molecular weight is 850 g/mol. The maximum absolute atomic E-state index is 15.6. The van der Waals surface area contributed by atoms with Crippen molar-refractivity contribution in [1.29, 1.82) is 0 Å². The van der Waals surface area contributed by atoms with Gasteiger partial charge in [-0.3, -0.25) is 19.3 Å². The molecule has 64 heavy (non-hydrogen) atoms. The summed E-state index contributed by atoms with van der Waals surface area (Å²) in [5, 5.41) is 16.0. The van der Waals surface area contributed by atoms with Crippen LogP contribution in [-0.4, -0.2) is 64.1 Å². The fourth-order valence-corrected chi connectivity index (χ4v) is 9.80. The van der Waals surface area contributed by atoms with Gasteiger partial charge < -0.3 is 34.9 Å². The summed E-state index contributed by atoms with van der Waals surface area (Å²) in [5.74, 6) is 5.20. The third kappa shape index (κ3) is 7.01. The number of hydrogen-bond donors (Lipinski definition) is 4. The lowest BCUT2D eigenvalue weighted by molar-refractivity contribution is -0.178. The highest BCUT2D eigenvalue weighted by Crippen LogP contribution is 2.65. The Bertz CT molecular complexity index is 2910. The number of hydrogen-bond acceptors (Lipinski definition) is 9. The number of nitrogens with zero attached hydrogens (tertiary/aromatic N) is 2. The zero-order valence-corrected chi connectivity index (χ0v) is 34.7. The lowest BCUT2D eigenvalue weighted by atomic mass is 9.65. The lowest BCUT2D eigenvalue weighted by Crippen LogP contribution is -2.54. The molecule has 1 spiro atoms. The van der Waals surface area contributed by atoms with Gasteiger partial charge in [0.25, 0.3) is 0 Å². The lowest BCUT2D eigenvalue weighted by Gasteiger charge is -2.46. The van der Waals surface area contributed by atoms with E-state index in [2.05, 4.69) is 27.5 Å². The number of amides is 2. The molecule has 12 heteroatoms. The van der Waals surface area contributed by atoms with Crippen molar-refractivity contribution in [2.45, 2.75) is 36.2 Å². The minimum atomic E-state index is -1.75. The van der Waals surface area contributed by atoms with E-state index in [1.165, 1.54) is 0 Å². The van der Waals surface area contributed by atoms with Crippen molar-refractivity contribution in [1.82, 2.24) is 20.2 Å². The summed E-state index contributed by atoms with van der Waals surface area (Å²) >= 11 is 0. The summed E-state index contributed by atoms with van der Waals surface area (Å²) in [6, 6.07) is 44.1. The number of benzene rings is 6. The third-order valence-electron chi connectivity index (χ3n) is 12.4. The molecule has 0 unspecified atom stereocenters. The molecule has 12 nitrogen and oxygen atoms in total. The van der Waals surface area contributed by atoms with Gasteiger partial charge in [-0.25, -0.2) is 4.98 Å². The number of carbonyl (C=O) groups excluding carboxylic acids is 3. The third-order valence-corrected chi connectivity index (χ3v) is 12.4. The minimum absolute atomic E-state index is 0.00633. The van der Waals surface area contributed by atoms with Crippen LogP contribution in [0.15, 0.2) is 152 Å². The van der Waals surface area contributed by atoms with Gasteiger partial charge in [0.05, 0.1) is 49.3 Å². The SMILES string of the molecule is COc1ccc(C#Cc2ccc3c(c2)[C@]2(C(=O)N3)[C@H](c3cccc(OCCO)c3)N3[C@H](c4ccccc4)[C@H](c4ccccc4)OC(=O)[C@H]3[C@@H]2C(=O)NCc2nc3ccccc3[nH]2)cc1. The molecule has 10 rings (SSSR count). The summed E-state index contributed by atoms with van der Waals surface area (Å²) in [6.45, 7) is -0.184. The number of nitrogens with one attached hydrogen (secondary N) is 3. The van der Waals surface area contributed by atoms with Crippen LogP contribution in [0.4, 0.5) is 5.69 Å². The molecule has 0 radical (unpaired) electrons. The van der Waals surface area contributed by atoms with E-state index in [1.54, 1.807) is 19.2 Å². The molecule has 6 aromatic carbocycles. The van der Waals surface area contributed by atoms with Crippen molar-refractivity contribution in [2.24, 2.45) is 5.92 Å². The number of fused-ring (bicyclic) bond motifs is 4. The van der Waals surface area contributed by atoms with Gasteiger partial charge in [-0.2, -0.15) is 0 Å². The molecule has 2 fully saturated rings. The molecule has 0 saturated carbocycles. The minimum Gasteiger partial charge on any atom is -0.497 e. The molecule has 1 aromatic heterocycles. The second kappa shape index (κ2) is 16.9. The highest BCUT2D eigenvalue weighted by atomic mass is 16.6. The summed E-state index contributed by atoms with van der Waals surface area (Å²) in [7, 11) is 1.60. The van der Waals surface area contributed by atoms with Crippen molar-refractivity contribution in [3.05, 3.63) is 191 Å². The quantitative estimate of drug-likeness (QED) is 0.0848. The molecular formula is C52H43N5O7. The van der Waals surface area contributed by atoms with E-state index in [9.17, 15) is 5.11 Å². The van der Waals surface area contributed by atoms with Gasteiger partial charge in [-0.15, -0.1) is 0 Å². The predicted octanol–water partition coefficient (Wildman–Crippen LogP) is 6.93. The van der Waals surface area contributed by atoms with E-state index in [-0.39, 0.29) is 19.8 Å². The number of H-pyrrole nitrogens is 1. The van der Waals surface area contributed by atoms with Crippen LogP contribution in [0, 0.1) is 17.8 Å². The molecule has 7 aromatic rings. The van der Waals surface area contributed by atoms with Crippen molar-refractivity contribution in [2.75, 3.05) is 25.6 Å². The Balaban J connectivity index is 1.20. The summed E-state index contributed by atoms with van der Waals surface area (Å²) < 4.78 is 17.9.